The third-order valence-electron chi connectivity index (χ3n) is 4.50. The Morgan fingerprint density at radius 2 is 1.72 bits per heavy atom. The maximum absolute atomic E-state index is 12.7. The van der Waals surface area contributed by atoms with Gasteiger partial charge in [0.05, 0.1) is 9.82 Å². The predicted molar refractivity (Wildman–Crippen MR) is 109 cm³/mol. The minimum Gasteiger partial charge on any atom is -0.337 e. The largest absolute Gasteiger partial charge is 0.337 e. The second-order valence-corrected chi connectivity index (χ2v) is 8.74. The van der Waals surface area contributed by atoms with E-state index in [0.29, 0.717) is 10.6 Å². The molecule has 29 heavy (non-hydrogen) atoms. The van der Waals surface area contributed by atoms with Gasteiger partial charge in [-0.05, 0) is 35.9 Å². The molecule has 1 heterocycles. The Labute approximate surface area is 173 Å². The molecule has 8 nitrogen and oxygen atoms in total. The molecule has 0 aliphatic carbocycles. The van der Waals surface area contributed by atoms with Crippen molar-refractivity contribution in [2.75, 3.05) is 26.2 Å². The zero-order valence-electron chi connectivity index (χ0n) is 15.3. The second kappa shape index (κ2) is 8.73. The highest BCUT2D eigenvalue weighted by atomic mass is 35.5. The summed E-state index contributed by atoms with van der Waals surface area (Å²) in [7, 11) is -3.64. The van der Waals surface area contributed by atoms with Crippen LogP contribution >= 0.6 is 11.6 Å². The molecular weight excluding hydrogens is 418 g/mol. The fourth-order valence-corrected chi connectivity index (χ4v) is 4.47. The van der Waals surface area contributed by atoms with Gasteiger partial charge in [0.25, 0.3) is 5.69 Å². The molecule has 1 fully saturated rings. The van der Waals surface area contributed by atoms with Crippen molar-refractivity contribution < 1.29 is 18.1 Å². The summed E-state index contributed by atoms with van der Waals surface area (Å²) < 4.78 is 26.7. The number of hydrogen-bond donors (Lipinski definition) is 0. The summed E-state index contributed by atoms with van der Waals surface area (Å²) >= 11 is 5.81. The van der Waals surface area contributed by atoms with Gasteiger partial charge >= 0.3 is 0 Å². The molecule has 2 aromatic rings. The van der Waals surface area contributed by atoms with Crippen molar-refractivity contribution in [3.8, 4) is 0 Å². The van der Waals surface area contributed by atoms with Gasteiger partial charge in [-0.15, -0.1) is 0 Å². The van der Waals surface area contributed by atoms with E-state index in [-0.39, 0.29) is 42.7 Å². The lowest BCUT2D eigenvalue weighted by atomic mass is 10.2. The minimum absolute atomic E-state index is 0.0550. The molecule has 3 rings (SSSR count). The zero-order valence-corrected chi connectivity index (χ0v) is 16.8. The molecule has 0 unspecified atom stereocenters. The van der Waals surface area contributed by atoms with Crippen LogP contribution in [0.4, 0.5) is 5.69 Å². The first-order chi connectivity index (χ1) is 13.8. The molecule has 0 radical (unpaired) electrons. The molecule has 1 aliphatic rings. The average molecular weight is 436 g/mol. The molecule has 0 bridgehead atoms. The van der Waals surface area contributed by atoms with Crippen LogP contribution in [0.15, 0.2) is 59.5 Å². The quantitative estimate of drug-likeness (QED) is 0.408. The number of amides is 1. The second-order valence-electron chi connectivity index (χ2n) is 6.37. The molecule has 1 amide bonds. The normalized spacial score (nSPS) is 15.6. The first kappa shape index (κ1) is 21.0. The third kappa shape index (κ3) is 5.00. The van der Waals surface area contributed by atoms with Crippen molar-refractivity contribution in [1.29, 1.82) is 0 Å². The van der Waals surface area contributed by atoms with Crippen molar-refractivity contribution >= 4 is 39.3 Å². The number of nitro groups is 1. The van der Waals surface area contributed by atoms with Crippen LogP contribution in [0.5, 0.6) is 0 Å². The number of hydrogen-bond acceptors (Lipinski definition) is 5. The topological polar surface area (TPSA) is 101 Å². The fraction of sp³-hybridized carbons (Fsp3) is 0.211. The van der Waals surface area contributed by atoms with E-state index in [1.165, 1.54) is 52.9 Å². The Hall–Kier alpha value is -2.75. The minimum atomic E-state index is -3.64. The maximum atomic E-state index is 12.7. The lowest BCUT2D eigenvalue weighted by molar-refractivity contribution is -0.384. The van der Waals surface area contributed by atoms with Gasteiger partial charge in [0.2, 0.25) is 15.9 Å². The van der Waals surface area contributed by atoms with Crippen LogP contribution in [-0.2, 0) is 14.8 Å². The van der Waals surface area contributed by atoms with Crippen molar-refractivity contribution in [2.24, 2.45) is 0 Å². The van der Waals surface area contributed by atoms with Crippen LogP contribution in [0.3, 0.4) is 0 Å². The number of rotatable bonds is 5. The summed E-state index contributed by atoms with van der Waals surface area (Å²) in [6, 6.07) is 11.9. The van der Waals surface area contributed by atoms with Crippen LogP contribution < -0.4 is 0 Å². The van der Waals surface area contributed by atoms with E-state index in [4.69, 9.17) is 11.6 Å². The van der Waals surface area contributed by atoms with Crippen LogP contribution in [0.2, 0.25) is 5.02 Å². The van der Waals surface area contributed by atoms with Gasteiger partial charge in [0.1, 0.15) is 0 Å². The van der Waals surface area contributed by atoms with Gasteiger partial charge in [-0.2, -0.15) is 4.31 Å². The molecule has 152 valence electrons. The predicted octanol–water partition coefficient (Wildman–Crippen LogP) is 2.79. The molecule has 10 heteroatoms. The summed E-state index contributed by atoms with van der Waals surface area (Å²) in [6.45, 7) is 0.874. The molecule has 1 saturated heterocycles. The molecule has 0 atom stereocenters. The fourth-order valence-electron chi connectivity index (χ4n) is 2.92. The number of nitrogens with zero attached hydrogens (tertiary/aromatic N) is 3. The summed E-state index contributed by atoms with van der Waals surface area (Å²) in [5.41, 5.74) is 0.483. The third-order valence-corrected chi connectivity index (χ3v) is 6.67. The smallest absolute Gasteiger partial charge is 0.270 e. The molecule has 1 aliphatic heterocycles. The van der Waals surface area contributed by atoms with Gasteiger partial charge in [0.15, 0.2) is 0 Å². The van der Waals surface area contributed by atoms with Crippen molar-refractivity contribution in [3.63, 3.8) is 0 Å². The van der Waals surface area contributed by atoms with E-state index in [9.17, 15) is 23.3 Å². The number of sulfonamides is 1. The Morgan fingerprint density at radius 1 is 1.07 bits per heavy atom. The Bertz CT molecular complexity index is 1050. The SMILES string of the molecule is O=C(/C=C/c1cccc([N+](=O)[O-])c1)N1CCN(S(=O)(=O)c2ccc(Cl)cc2)CC1. The Kier molecular flexibility index (Phi) is 6.31. The Balaban J connectivity index is 1.61. The van der Waals surface area contributed by atoms with Gasteiger partial charge < -0.3 is 4.90 Å². The highest BCUT2D eigenvalue weighted by Crippen LogP contribution is 2.20. The van der Waals surface area contributed by atoms with Crippen LogP contribution in [0.1, 0.15) is 5.56 Å². The number of benzene rings is 2. The van der Waals surface area contributed by atoms with E-state index < -0.39 is 14.9 Å². The van der Waals surface area contributed by atoms with Crippen molar-refractivity contribution in [1.82, 2.24) is 9.21 Å². The van der Waals surface area contributed by atoms with Gasteiger partial charge in [-0.3, -0.25) is 14.9 Å². The van der Waals surface area contributed by atoms with E-state index in [1.54, 1.807) is 17.0 Å². The van der Waals surface area contributed by atoms with Crippen LogP contribution in [0, 0.1) is 10.1 Å². The Morgan fingerprint density at radius 3 is 2.34 bits per heavy atom. The van der Waals surface area contributed by atoms with Crippen molar-refractivity contribution in [3.05, 3.63) is 75.3 Å². The lowest BCUT2D eigenvalue weighted by Gasteiger charge is -2.33. The van der Waals surface area contributed by atoms with Gasteiger partial charge in [0, 0.05) is 49.4 Å². The molecule has 0 saturated carbocycles. The zero-order chi connectivity index (χ0) is 21.0. The summed E-state index contributed by atoms with van der Waals surface area (Å²) in [5, 5.41) is 11.3. The first-order valence-corrected chi connectivity index (χ1v) is 10.6. The molecule has 0 spiro atoms. The highest BCUT2D eigenvalue weighted by molar-refractivity contribution is 7.89. The van der Waals surface area contributed by atoms with Gasteiger partial charge in [-0.1, -0.05) is 23.7 Å². The number of carbonyl (C=O) groups excluding carboxylic acids is 1. The van der Waals surface area contributed by atoms with Crippen molar-refractivity contribution in [2.45, 2.75) is 4.90 Å². The number of non-ortho nitro benzene ring substituents is 1. The highest BCUT2D eigenvalue weighted by Gasteiger charge is 2.29. The van der Waals surface area contributed by atoms with Crippen LogP contribution in [-0.4, -0.2) is 54.6 Å². The number of piperazine rings is 1. The lowest BCUT2D eigenvalue weighted by Crippen LogP contribution is -2.50. The average Bonchev–Trinajstić information content (AvgIpc) is 2.72. The standard InChI is InChI=1S/C19H18ClN3O5S/c20-16-5-7-18(8-6-16)29(27,28)22-12-10-21(11-13-22)19(24)9-4-15-2-1-3-17(14-15)23(25)26/h1-9,14H,10-13H2/b9-4+. The van der Waals surface area contributed by atoms with E-state index >= 15 is 0 Å². The maximum Gasteiger partial charge on any atom is 0.270 e. The van der Waals surface area contributed by atoms with Gasteiger partial charge in [-0.25, -0.2) is 8.42 Å². The van der Waals surface area contributed by atoms with E-state index in [0.717, 1.165) is 0 Å². The number of halogens is 1. The number of nitro benzene ring substituents is 1. The van der Waals surface area contributed by atoms with E-state index in [2.05, 4.69) is 0 Å². The molecule has 0 aromatic heterocycles. The van der Waals surface area contributed by atoms with Crippen LogP contribution in [0.25, 0.3) is 6.08 Å². The number of carbonyl (C=O) groups is 1. The molecular formula is C19H18ClN3O5S. The molecule has 2 aromatic carbocycles. The molecule has 0 N–H and O–H groups in total. The van der Waals surface area contributed by atoms with E-state index in [1.807, 2.05) is 0 Å². The monoisotopic (exact) mass is 435 g/mol. The summed E-state index contributed by atoms with van der Waals surface area (Å²) in [5.74, 6) is -0.278. The first-order valence-electron chi connectivity index (χ1n) is 8.74. The summed E-state index contributed by atoms with van der Waals surface area (Å²) in [4.78, 5) is 24.4. The summed E-state index contributed by atoms with van der Waals surface area (Å²) in [6.07, 6.45) is 2.84.